The largest absolute Gasteiger partial charge is 0.486 e. The number of rotatable bonds is 10. The summed E-state index contributed by atoms with van der Waals surface area (Å²) < 4.78 is 37.6. The average molecular weight is 538 g/mol. The number of anilines is 1. The molecular weight excluding hydrogens is 506 g/mol. The first kappa shape index (κ1) is 27.6. The summed E-state index contributed by atoms with van der Waals surface area (Å²) in [4.78, 5) is 28.1. The molecule has 0 aliphatic carbocycles. The van der Waals surface area contributed by atoms with Gasteiger partial charge in [0, 0.05) is 23.7 Å². The predicted molar refractivity (Wildman–Crippen MR) is 139 cm³/mol. The fourth-order valence-electron chi connectivity index (χ4n) is 3.89. The van der Waals surface area contributed by atoms with Gasteiger partial charge in [0.15, 0.2) is 11.5 Å². The number of amides is 2. The summed E-state index contributed by atoms with van der Waals surface area (Å²) in [6, 6.07) is 10.7. The van der Waals surface area contributed by atoms with Gasteiger partial charge < -0.3 is 19.7 Å². The smallest absolute Gasteiger partial charge is 0.244 e. The lowest BCUT2D eigenvalue weighted by atomic mass is 10.1. The third-order valence-electron chi connectivity index (χ3n) is 5.58. The number of halogens is 1. The number of carbonyl (C=O) groups excluding carboxylic acids is 2. The van der Waals surface area contributed by atoms with Gasteiger partial charge in [0.05, 0.1) is 11.9 Å². The molecule has 0 radical (unpaired) electrons. The SMILES string of the molecule is CC[C@@H](C(=O)NC(C)C)N(Cc1ccc(Cl)cc1)C(=O)CN(c1ccc2c(c1)OCCO2)S(C)(=O)=O. The van der Waals surface area contributed by atoms with Crippen LogP contribution in [0, 0.1) is 0 Å². The van der Waals surface area contributed by atoms with Crippen molar-refractivity contribution in [2.24, 2.45) is 0 Å². The first-order valence-corrected chi connectivity index (χ1v) is 13.9. The van der Waals surface area contributed by atoms with Crippen LogP contribution < -0.4 is 19.1 Å². The van der Waals surface area contributed by atoms with Crippen LogP contribution in [0.4, 0.5) is 5.69 Å². The van der Waals surface area contributed by atoms with Gasteiger partial charge in [0.25, 0.3) is 0 Å². The van der Waals surface area contributed by atoms with Crippen LogP contribution >= 0.6 is 11.6 Å². The molecule has 1 N–H and O–H groups in total. The third kappa shape index (κ3) is 7.04. The van der Waals surface area contributed by atoms with Gasteiger partial charge >= 0.3 is 0 Å². The normalized spacial score (nSPS) is 13.7. The van der Waals surface area contributed by atoms with Gasteiger partial charge in [0.1, 0.15) is 25.8 Å². The minimum atomic E-state index is -3.85. The maximum atomic E-state index is 13.7. The van der Waals surface area contributed by atoms with E-state index >= 15 is 0 Å². The van der Waals surface area contributed by atoms with E-state index in [1.807, 2.05) is 20.8 Å². The summed E-state index contributed by atoms with van der Waals surface area (Å²) in [6.45, 7) is 5.84. The van der Waals surface area contributed by atoms with Crippen molar-refractivity contribution in [3.8, 4) is 11.5 Å². The number of nitrogens with one attached hydrogen (secondary N) is 1. The highest BCUT2D eigenvalue weighted by Crippen LogP contribution is 2.34. The minimum absolute atomic E-state index is 0.110. The number of sulfonamides is 1. The van der Waals surface area contributed by atoms with E-state index < -0.39 is 28.5 Å². The van der Waals surface area contributed by atoms with E-state index in [0.29, 0.717) is 36.2 Å². The lowest BCUT2D eigenvalue weighted by Gasteiger charge is -2.33. The predicted octanol–water partition coefficient (Wildman–Crippen LogP) is 3.21. The zero-order chi connectivity index (χ0) is 26.5. The first-order valence-electron chi connectivity index (χ1n) is 11.7. The Hall–Kier alpha value is -2.98. The van der Waals surface area contributed by atoms with Crippen molar-refractivity contribution >= 4 is 39.1 Å². The van der Waals surface area contributed by atoms with E-state index in [9.17, 15) is 18.0 Å². The zero-order valence-electron chi connectivity index (χ0n) is 20.9. The summed E-state index contributed by atoms with van der Waals surface area (Å²) in [5.41, 5.74) is 1.02. The second-order valence-electron chi connectivity index (χ2n) is 8.83. The van der Waals surface area contributed by atoms with Gasteiger partial charge in [-0.3, -0.25) is 13.9 Å². The molecule has 1 atom stereocenters. The van der Waals surface area contributed by atoms with E-state index in [-0.39, 0.29) is 24.2 Å². The fourth-order valence-corrected chi connectivity index (χ4v) is 4.86. The van der Waals surface area contributed by atoms with Gasteiger partial charge in [-0.2, -0.15) is 0 Å². The fraction of sp³-hybridized carbons (Fsp3) is 0.440. The van der Waals surface area contributed by atoms with Crippen LogP contribution in [0.25, 0.3) is 0 Å². The van der Waals surface area contributed by atoms with Crippen molar-refractivity contribution < 1.29 is 27.5 Å². The number of nitrogens with zero attached hydrogens (tertiary/aromatic N) is 2. The topological polar surface area (TPSA) is 105 Å². The molecule has 36 heavy (non-hydrogen) atoms. The van der Waals surface area contributed by atoms with Crippen molar-refractivity contribution in [3.05, 3.63) is 53.1 Å². The standard InChI is InChI=1S/C25H32ClN3O6S/c1-5-21(25(31)27-17(2)3)28(15-18-6-8-19(26)9-7-18)24(30)16-29(36(4,32)33)20-10-11-22-23(14-20)35-13-12-34-22/h6-11,14,17,21H,5,12-13,15-16H2,1-4H3,(H,27,31)/t21-/m0/s1. The molecule has 0 fully saturated rings. The van der Waals surface area contributed by atoms with E-state index in [2.05, 4.69) is 5.32 Å². The van der Waals surface area contributed by atoms with Crippen LogP contribution in [0.2, 0.25) is 5.02 Å². The molecule has 1 heterocycles. The van der Waals surface area contributed by atoms with Crippen molar-refractivity contribution in [3.63, 3.8) is 0 Å². The number of benzene rings is 2. The highest BCUT2D eigenvalue weighted by molar-refractivity contribution is 7.92. The molecule has 3 rings (SSSR count). The summed E-state index contributed by atoms with van der Waals surface area (Å²) in [5.74, 6) is 0.0854. The molecule has 0 unspecified atom stereocenters. The van der Waals surface area contributed by atoms with E-state index in [4.69, 9.17) is 21.1 Å². The molecule has 0 bridgehead atoms. The molecule has 0 aromatic heterocycles. The van der Waals surface area contributed by atoms with Gasteiger partial charge in [-0.05, 0) is 50.1 Å². The minimum Gasteiger partial charge on any atom is -0.486 e. The molecular formula is C25H32ClN3O6S. The van der Waals surface area contributed by atoms with Crippen LogP contribution in [0.3, 0.4) is 0 Å². The van der Waals surface area contributed by atoms with E-state index in [0.717, 1.165) is 16.1 Å². The number of carbonyl (C=O) groups is 2. The highest BCUT2D eigenvalue weighted by Gasteiger charge is 2.32. The first-order chi connectivity index (χ1) is 17.0. The molecule has 0 saturated carbocycles. The summed E-state index contributed by atoms with van der Waals surface area (Å²) in [7, 11) is -3.85. The van der Waals surface area contributed by atoms with Crippen LogP contribution in [-0.4, -0.2) is 63.2 Å². The second-order valence-corrected chi connectivity index (χ2v) is 11.2. The Morgan fingerprint density at radius 3 is 2.28 bits per heavy atom. The number of ether oxygens (including phenoxy) is 2. The van der Waals surface area contributed by atoms with Crippen LogP contribution in [0.15, 0.2) is 42.5 Å². The molecule has 1 aliphatic rings. The Bertz CT molecular complexity index is 1190. The third-order valence-corrected chi connectivity index (χ3v) is 6.97. The van der Waals surface area contributed by atoms with Gasteiger partial charge in [0.2, 0.25) is 21.8 Å². The summed E-state index contributed by atoms with van der Waals surface area (Å²) >= 11 is 6.01. The maximum absolute atomic E-state index is 13.7. The molecule has 2 aromatic carbocycles. The molecule has 11 heteroatoms. The monoisotopic (exact) mass is 537 g/mol. The molecule has 0 saturated heterocycles. The molecule has 0 spiro atoms. The zero-order valence-corrected chi connectivity index (χ0v) is 22.4. The Kier molecular flexibility index (Phi) is 9.08. The molecule has 9 nitrogen and oxygen atoms in total. The van der Waals surface area contributed by atoms with Gasteiger partial charge in [-0.15, -0.1) is 0 Å². The summed E-state index contributed by atoms with van der Waals surface area (Å²) in [5, 5.41) is 3.40. The van der Waals surface area contributed by atoms with Gasteiger partial charge in [-0.25, -0.2) is 8.42 Å². The Balaban J connectivity index is 1.95. The summed E-state index contributed by atoms with van der Waals surface area (Å²) in [6.07, 6.45) is 1.38. The van der Waals surface area contributed by atoms with Crippen LogP contribution in [0.5, 0.6) is 11.5 Å². The number of hydrogen-bond acceptors (Lipinski definition) is 6. The number of fused-ring (bicyclic) bond motifs is 1. The van der Waals surface area contributed by atoms with Crippen molar-refractivity contribution in [2.75, 3.05) is 30.3 Å². The van der Waals surface area contributed by atoms with E-state index in [1.165, 1.54) is 11.0 Å². The van der Waals surface area contributed by atoms with Crippen molar-refractivity contribution in [1.29, 1.82) is 0 Å². The Labute approximate surface area is 217 Å². The van der Waals surface area contributed by atoms with Gasteiger partial charge in [-0.1, -0.05) is 30.7 Å². The molecule has 2 aromatic rings. The number of hydrogen-bond donors (Lipinski definition) is 1. The van der Waals surface area contributed by atoms with Crippen molar-refractivity contribution in [2.45, 2.75) is 45.8 Å². The van der Waals surface area contributed by atoms with Crippen LogP contribution in [0.1, 0.15) is 32.8 Å². The average Bonchev–Trinajstić information content (AvgIpc) is 2.82. The Morgan fingerprint density at radius 1 is 1.06 bits per heavy atom. The lowest BCUT2D eigenvalue weighted by Crippen LogP contribution is -2.53. The van der Waals surface area contributed by atoms with Crippen LogP contribution in [-0.2, 0) is 26.2 Å². The second kappa shape index (κ2) is 11.8. The lowest BCUT2D eigenvalue weighted by molar-refractivity contribution is -0.140. The quantitative estimate of drug-likeness (QED) is 0.499. The molecule has 1 aliphatic heterocycles. The molecule has 2 amide bonds. The Morgan fingerprint density at radius 2 is 1.69 bits per heavy atom. The molecule has 196 valence electrons. The van der Waals surface area contributed by atoms with E-state index in [1.54, 1.807) is 36.4 Å². The maximum Gasteiger partial charge on any atom is 0.244 e. The highest BCUT2D eigenvalue weighted by atomic mass is 35.5. The van der Waals surface area contributed by atoms with Crippen molar-refractivity contribution in [1.82, 2.24) is 10.2 Å².